The standard InChI is InChI=1S/C22H22FN3O2/c1-12-6-9-18(21(27)19(12)23)20-16-4-2-3-5-17(16)22(26-25-20)24-13-10-14-7-8-15(11-13)28-14/h2-6,9,13-15,27H,7-8,10-11H2,1H3,(H,24,26). The summed E-state index contributed by atoms with van der Waals surface area (Å²) in [4.78, 5) is 0. The molecular formula is C22H22FN3O2. The van der Waals surface area contributed by atoms with E-state index in [1.807, 2.05) is 24.3 Å². The van der Waals surface area contributed by atoms with Gasteiger partial charge >= 0.3 is 0 Å². The van der Waals surface area contributed by atoms with Crippen LogP contribution in [0, 0.1) is 12.7 Å². The number of aromatic nitrogens is 2. The highest BCUT2D eigenvalue weighted by Gasteiger charge is 2.35. The molecule has 2 saturated heterocycles. The SMILES string of the molecule is Cc1ccc(-c2nnc(NC3CC4CCC(C3)O4)c3ccccc23)c(O)c1F. The Labute approximate surface area is 162 Å². The van der Waals surface area contributed by atoms with Crippen LogP contribution < -0.4 is 5.32 Å². The summed E-state index contributed by atoms with van der Waals surface area (Å²) in [6.07, 6.45) is 4.87. The monoisotopic (exact) mass is 379 g/mol. The van der Waals surface area contributed by atoms with E-state index in [2.05, 4.69) is 15.5 Å². The highest BCUT2D eigenvalue weighted by Crippen LogP contribution is 2.38. The molecule has 0 spiro atoms. The van der Waals surface area contributed by atoms with Crippen LogP contribution in [0.2, 0.25) is 0 Å². The van der Waals surface area contributed by atoms with Gasteiger partial charge in [0.15, 0.2) is 17.4 Å². The first kappa shape index (κ1) is 17.4. The number of phenolic OH excluding ortho intramolecular Hbond substituents is 1. The number of fused-ring (bicyclic) bond motifs is 3. The van der Waals surface area contributed by atoms with Gasteiger partial charge in [-0.05, 0) is 44.2 Å². The Kier molecular flexibility index (Phi) is 4.16. The third kappa shape index (κ3) is 2.88. The molecule has 5 nitrogen and oxygen atoms in total. The molecule has 2 aliphatic heterocycles. The summed E-state index contributed by atoms with van der Waals surface area (Å²) in [5.41, 5.74) is 1.22. The van der Waals surface area contributed by atoms with Crippen LogP contribution in [-0.2, 0) is 4.74 Å². The number of halogens is 1. The molecule has 2 aliphatic rings. The highest BCUT2D eigenvalue weighted by molar-refractivity contribution is 6.00. The zero-order valence-electron chi connectivity index (χ0n) is 15.7. The Morgan fingerprint density at radius 1 is 1.04 bits per heavy atom. The number of ether oxygens (including phenoxy) is 1. The largest absolute Gasteiger partial charge is 0.504 e. The van der Waals surface area contributed by atoms with E-state index in [1.165, 1.54) is 0 Å². The molecule has 0 aliphatic carbocycles. The van der Waals surface area contributed by atoms with E-state index in [-0.39, 0.29) is 5.75 Å². The quantitative estimate of drug-likeness (QED) is 0.698. The van der Waals surface area contributed by atoms with Crippen molar-refractivity contribution in [2.45, 2.75) is 50.9 Å². The molecule has 2 atom stereocenters. The molecule has 2 unspecified atom stereocenters. The number of anilines is 1. The number of benzene rings is 2. The molecule has 6 heteroatoms. The molecular weight excluding hydrogens is 357 g/mol. The van der Waals surface area contributed by atoms with Crippen LogP contribution in [0.4, 0.5) is 10.2 Å². The van der Waals surface area contributed by atoms with Gasteiger partial charge in [0.2, 0.25) is 0 Å². The van der Waals surface area contributed by atoms with Crippen molar-refractivity contribution in [3.63, 3.8) is 0 Å². The van der Waals surface area contributed by atoms with E-state index >= 15 is 0 Å². The van der Waals surface area contributed by atoms with E-state index in [1.54, 1.807) is 19.1 Å². The predicted octanol–water partition coefficient (Wildman–Crippen LogP) is 4.57. The minimum atomic E-state index is -0.622. The van der Waals surface area contributed by atoms with Gasteiger partial charge in [-0.15, -0.1) is 10.2 Å². The van der Waals surface area contributed by atoms with Crippen LogP contribution in [0.15, 0.2) is 36.4 Å². The third-order valence-electron chi connectivity index (χ3n) is 5.88. The molecule has 0 saturated carbocycles. The molecule has 0 radical (unpaired) electrons. The summed E-state index contributed by atoms with van der Waals surface area (Å²) in [5.74, 6) is -0.290. The second-order valence-corrected chi connectivity index (χ2v) is 7.81. The Morgan fingerprint density at radius 2 is 1.75 bits per heavy atom. The van der Waals surface area contributed by atoms with Crippen molar-refractivity contribution in [1.82, 2.24) is 10.2 Å². The Bertz CT molecular complexity index is 1040. The number of aromatic hydroxyl groups is 1. The van der Waals surface area contributed by atoms with Gasteiger partial charge in [-0.25, -0.2) is 4.39 Å². The van der Waals surface area contributed by atoms with Crippen molar-refractivity contribution in [2.75, 3.05) is 5.32 Å². The number of hydrogen-bond acceptors (Lipinski definition) is 5. The smallest absolute Gasteiger partial charge is 0.168 e. The second-order valence-electron chi connectivity index (χ2n) is 7.81. The summed E-state index contributed by atoms with van der Waals surface area (Å²) >= 11 is 0. The van der Waals surface area contributed by atoms with Gasteiger partial charge < -0.3 is 15.2 Å². The van der Waals surface area contributed by atoms with Crippen molar-refractivity contribution in [3.8, 4) is 17.0 Å². The van der Waals surface area contributed by atoms with Gasteiger partial charge in [0.25, 0.3) is 0 Å². The van der Waals surface area contributed by atoms with Crippen molar-refractivity contribution in [3.05, 3.63) is 47.8 Å². The van der Waals surface area contributed by atoms with Gasteiger partial charge in [-0.2, -0.15) is 0 Å². The number of phenols is 1. The van der Waals surface area contributed by atoms with Crippen LogP contribution in [0.5, 0.6) is 5.75 Å². The average molecular weight is 379 g/mol. The fourth-order valence-corrected chi connectivity index (χ4v) is 4.43. The zero-order valence-corrected chi connectivity index (χ0v) is 15.7. The normalized spacial score (nSPS) is 23.9. The van der Waals surface area contributed by atoms with E-state index in [0.717, 1.165) is 42.3 Å². The van der Waals surface area contributed by atoms with Crippen LogP contribution in [0.25, 0.3) is 22.0 Å². The molecule has 144 valence electrons. The van der Waals surface area contributed by atoms with Crippen LogP contribution in [0.3, 0.4) is 0 Å². The van der Waals surface area contributed by atoms with Gasteiger partial charge in [0, 0.05) is 22.4 Å². The molecule has 2 N–H and O–H groups in total. The lowest BCUT2D eigenvalue weighted by Crippen LogP contribution is -2.34. The number of nitrogens with one attached hydrogen (secondary N) is 1. The lowest BCUT2D eigenvalue weighted by Gasteiger charge is -2.29. The third-order valence-corrected chi connectivity index (χ3v) is 5.88. The van der Waals surface area contributed by atoms with Crippen LogP contribution in [-0.4, -0.2) is 33.6 Å². The average Bonchev–Trinajstić information content (AvgIpc) is 3.05. The maximum Gasteiger partial charge on any atom is 0.168 e. The van der Waals surface area contributed by atoms with E-state index in [9.17, 15) is 9.50 Å². The maximum absolute atomic E-state index is 14.2. The van der Waals surface area contributed by atoms with Crippen molar-refractivity contribution in [2.24, 2.45) is 0 Å². The Morgan fingerprint density at radius 3 is 2.50 bits per heavy atom. The predicted molar refractivity (Wildman–Crippen MR) is 106 cm³/mol. The van der Waals surface area contributed by atoms with E-state index in [0.29, 0.717) is 35.1 Å². The fraction of sp³-hybridized carbons (Fsp3) is 0.364. The fourth-order valence-electron chi connectivity index (χ4n) is 4.43. The summed E-state index contributed by atoms with van der Waals surface area (Å²) < 4.78 is 20.1. The summed E-state index contributed by atoms with van der Waals surface area (Å²) in [6, 6.07) is 11.4. The zero-order chi connectivity index (χ0) is 19.3. The number of aryl methyl sites for hydroxylation is 1. The first-order valence-corrected chi connectivity index (χ1v) is 9.76. The maximum atomic E-state index is 14.2. The number of rotatable bonds is 3. The Hall–Kier alpha value is -2.73. The van der Waals surface area contributed by atoms with Crippen molar-refractivity contribution < 1.29 is 14.2 Å². The second kappa shape index (κ2) is 6.71. The summed E-state index contributed by atoms with van der Waals surface area (Å²) in [5, 5.41) is 24.4. The first-order chi connectivity index (χ1) is 13.6. The summed E-state index contributed by atoms with van der Waals surface area (Å²) in [6.45, 7) is 1.62. The lowest BCUT2D eigenvalue weighted by molar-refractivity contribution is 0.000663. The number of hydrogen-bond donors (Lipinski definition) is 2. The van der Waals surface area contributed by atoms with Crippen LogP contribution >= 0.6 is 0 Å². The van der Waals surface area contributed by atoms with Crippen LogP contribution in [0.1, 0.15) is 31.2 Å². The molecule has 3 aromatic rings. The highest BCUT2D eigenvalue weighted by atomic mass is 19.1. The Balaban J connectivity index is 1.55. The molecule has 2 bridgehead atoms. The minimum Gasteiger partial charge on any atom is -0.504 e. The summed E-state index contributed by atoms with van der Waals surface area (Å²) in [7, 11) is 0. The van der Waals surface area contributed by atoms with Crippen molar-refractivity contribution in [1.29, 1.82) is 0 Å². The van der Waals surface area contributed by atoms with Gasteiger partial charge in [-0.1, -0.05) is 30.3 Å². The lowest BCUT2D eigenvalue weighted by atomic mass is 10.0. The molecule has 2 fully saturated rings. The van der Waals surface area contributed by atoms with E-state index < -0.39 is 5.82 Å². The molecule has 28 heavy (non-hydrogen) atoms. The van der Waals surface area contributed by atoms with Gasteiger partial charge in [0.1, 0.15) is 5.69 Å². The molecule has 0 amide bonds. The first-order valence-electron chi connectivity index (χ1n) is 9.76. The number of nitrogens with zero attached hydrogens (tertiary/aromatic N) is 2. The van der Waals surface area contributed by atoms with E-state index in [4.69, 9.17) is 4.74 Å². The minimum absolute atomic E-state index is 0.306. The molecule has 3 heterocycles. The molecule has 2 aromatic carbocycles. The molecule has 1 aromatic heterocycles. The van der Waals surface area contributed by atoms with Gasteiger partial charge in [0.05, 0.1) is 12.2 Å². The topological polar surface area (TPSA) is 67.3 Å². The van der Waals surface area contributed by atoms with Crippen molar-refractivity contribution >= 4 is 16.6 Å². The van der Waals surface area contributed by atoms with Gasteiger partial charge in [-0.3, -0.25) is 0 Å². The molecule has 5 rings (SSSR count).